The first kappa shape index (κ1) is 13.5. The van der Waals surface area contributed by atoms with Crippen molar-refractivity contribution in [2.45, 2.75) is 19.4 Å². The maximum Gasteiger partial charge on any atom is 0.233 e. The van der Waals surface area contributed by atoms with Crippen molar-refractivity contribution >= 4 is 0 Å². The second-order valence-electron chi connectivity index (χ2n) is 4.27. The lowest BCUT2D eigenvalue weighted by Crippen LogP contribution is -2.25. The molecule has 0 spiro atoms. The normalized spacial score (nSPS) is 12.4. The van der Waals surface area contributed by atoms with Crippen LogP contribution in [0.25, 0.3) is 0 Å². The predicted octanol–water partition coefficient (Wildman–Crippen LogP) is 1.11. The van der Waals surface area contributed by atoms with Gasteiger partial charge in [0.25, 0.3) is 0 Å². The van der Waals surface area contributed by atoms with E-state index >= 15 is 0 Å². The van der Waals surface area contributed by atoms with Crippen molar-refractivity contribution < 1.29 is 4.74 Å². The maximum absolute atomic E-state index is 5.02. The molecule has 1 atom stereocenters. The third-order valence-corrected chi connectivity index (χ3v) is 2.99. The molecule has 1 N–H and O–H groups in total. The van der Waals surface area contributed by atoms with Crippen LogP contribution in [-0.2, 0) is 13.5 Å². The van der Waals surface area contributed by atoms with E-state index in [1.165, 1.54) is 0 Å². The molecule has 0 aromatic carbocycles. The first-order valence-electron chi connectivity index (χ1n) is 6.31. The molecule has 6 nitrogen and oxygen atoms in total. The summed E-state index contributed by atoms with van der Waals surface area (Å²) in [5.41, 5.74) is 0.894. The van der Waals surface area contributed by atoms with Gasteiger partial charge in [-0.25, -0.2) is 4.98 Å². The van der Waals surface area contributed by atoms with Crippen LogP contribution in [0.2, 0.25) is 0 Å². The molecule has 0 aliphatic rings. The lowest BCUT2D eigenvalue weighted by molar-refractivity contribution is 0.389. The van der Waals surface area contributed by atoms with Crippen molar-refractivity contribution in [3.8, 4) is 5.88 Å². The summed E-state index contributed by atoms with van der Waals surface area (Å²) >= 11 is 0. The summed E-state index contributed by atoms with van der Waals surface area (Å²) in [6, 6.07) is 3.86. The Labute approximate surface area is 112 Å². The number of hydrogen-bond donors (Lipinski definition) is 1. The van der Waals surface area contributed by atoms with Gasteiger partial charge in [0, 0.05) is 31.9 Å². The van der Waals surface area contributed by atoms with Gasteiger partial charge in [-0.15, -0.1) is 5.10 Å². The van der Waals surface area contributed by atoms with Gasteiger partial charge in [-0.05, 0) is 12.6 Å². The fourth-order valence-electron chi connectivity index (χ4n) is 1.93. The number of ether oxygens (including phenoxy) is 1. The quantitative estimate of drug-likeness (QED) is 0.844. The first-order valence-corrected chi connectivity index (χ1v) is 6.31. The number of methoxy groups -OCH3 is 1. The monoisotopic (exact) mass is 261 g/mol. The summed E-state index contributed by atoms with van der Waals surface area (Å²) in [5.74, 6) is 1.54. The summed E-state index contributed by atoms with van der Waals surface area (Å²) in [6.45, 7) is 2.94. The zero-order valence-corrected chi connectivity index (χ0v) is 11.5. The standard InChI is InChI=1S/C13H19N5O/c1-4-14-11(9-12-15-7-8-18(12)2)10-5-6-13(19-3)17-16-10/h5-8,11,14H,4,9H2,1-3H3. The minimum absolute atomic E-state index is 0.101. The van der Waals surface area contributed by atoms with Crippen molar-refractivity contribution in [2.24, 2.45) is 7.05 Å². The van der Waals surface area contributed by atoms with Crippen LogP contribution in [-0.4, -0.2) is 33.4 Å². The number of aromatic nitrogens is 4. The molecule has 0 saturated carbocycles. The van der Waals surface area contributed by atoms with Crippen LogP contribution in [0.4, 0.5) is 0 Å². The van der Waals surface area contributed by atoms with Crippen LogP contribution in [0.5, 0.6) is 5.88 Å². The molecule has 2 heterocycles. The summed E-state index contributed by atoms with van der Waals surface area (Å²) in [7, 11) is 3.57. The van der Waals surface area contributed by atoms with E-state index in [4.69, 9.17) is 4.74 Å². The van der Waals surface area contributed by atoms with Gasteiger partial charge in [-0.2, -0.15) is 5.10 Å². The third kappa shape index (κ3) is 3.29. The van der Waals surface area contributed by atoms with Crippen molar-refractivity contribution in [3.63, 3.8) is 0 Å². The molecule has 0 bridgehead atoms. The van der Waals surface area contributed by atoms with Crippen LogP contribution < -0.4 is 10.1 Å². The second-order valence-corrected chi connectivity index (χ2v) is 4.27. The van der Waals surface area contributed by atoms with E-state index < -0.39 is 0 Å². The Morgan fingerprint density at radius 3 is 2.74 bits per heavy atom. The number of nitrogens with one attached hydrogen (secondary N) is 1. The van der Waals surface area contributed by atoms with Gasteiger partial charge in [-0.1, -0.05) is 6.92 Å². The highest BCUT2D eigenvalue weighted by atomic mass is 16.5. The fourth-order valence-corrected chi connectivity index (χ4v) is 1.93. The van der Waals surface area contributed by atoms with Crippen molar-refractivity contribution in [1.82, 2.24) is 25.1 Å². The van der Waals surface area contributed by atoms with E-state index in [2.05, 4.69) is 27.4 Å². The topological polar surface area (TPSA) is 64.9 Å². The number of hydrogen-bond acceptors (Lipinski definition) is 5. The van der Waals surface area contributed by atoms with E-state index in [9.17, 15) is 0 Å². The molecule has 2 aromatic rings. The molecular formula is C13H19N5O. The Bertz CT molecular complexity index is 508. The Hall–Kier alpha value is -1.95. The highest BCUT2D eigenvalue weighted by Gasteiger charge is 2.15. The first-order chi connectivity index (χ1) is 9.24. The van der Waals surface area contributed by atoms with Gasteiger partial charge in [0.15, 0.2) is 0 Å². The second kappa shape index (κ2) is 6.29. The lowest BCUT2D eigenvalue weighted by atomic mass is 10.1. The minimum Gasteiger partial charge on any atom is -0.480 e. The zero-order valence-electron chi connectivity index (χ0n) is 11.5. The van der Waals surface area contributed by atoms with E-state index in [-0.39, 0.29) is 6.04 Å². The van der Waals surface area contributed by atoms with Crippen molar-refractivity contribution in [3.05, 3.63) is 36.0 Å². The third-order valence-electron chi connectivity index (χ3n) is 2.99. The molecule has 1 unspecified atom stereocenters. The van der Waals surface area contributed by atoms with Crippen LogP contribution in [0.1, 0.15) is 24.5 Å². The van der Waals surface area contributed by atoms with Gasteiger partial charge in [0.05, 0.1) is 18.8 Å². The number of nitrogens with zero attached hydrogens (tertiary/aromatic N) is 4. The van der Waals surface area contributed by atoms with Crippen LogP contribution in [0, 0.1) is 0 Å². The SMILES string of the molecule is CCNC(Cc1nccn1C)c1ccc(OC)nn1. The smallest absolute Gasteiger partial charge is 0.233 e. The highest BCUT2D eigenvalue weighted by molar-refractivity contribution is 5.15. The van der Waals surface area contributed by atoms with E-state index in [0.717, 1.165) is 24.5 Å². The molecule has 0 radical (unpaired) electrons. The molecular weight excluding hydrogens is 242 g/mol. The van der Waals surface area contributed by atoms with Gasteiger partial charge in [0.2, 0.25) is 5.88 Å². The summed E-state index contributed by atoms with van der Waals surface area (Å²) in [4.78, 5) is 4.35. The van der Waals surface area contributed by atoms with Crippen molar-refractivity contribution in [1.29, 1.82) is 0 Å². The van der Waals surface area contributed by atoms with E-state index in [1.54, 1.807) is 13.3 Å². The molecule has 102 valence electrons. The lowest BCUT2D eigenvalue weighted by Gasteiger charge is -2.16. The van der Waals surface area contributed by atoms with Gasteiger partial charge < -0.3 is 14.6 Å². The molecule has 0 aliphatic heterocycles. The van der Waals surface area contributed by atoms with Gasteiger partial charge in [0.1, 0.15) is 5.82 Å². The molecule has 2 aromatic heterocycles. The molecule has 0 saturated heterocycles. The average Bonchev–Trinajstić information content (AvgIpc) is 2.84. The highest BCUT2D eigenvalue weighted by Crippen LogP contribution is 2.16. The molecule has 0 amide bonds. The van der Waals surface area contributed by atoms with E-state index in [0.29, 0.717) is 5.88 Å². The Morgan fingerprint density at radius 2 is 2.21 bits per heavy atom. The molecule has 0 aliphatic carbocycles. The summed E-state index contributed by atoms with van der Waals surface area (Å²) in [6.07, 6.45) is 4.52. The maximum atomic E-state index is 5.02. The van der Waals surface area contributed by atoms with Crippen LogP contribution in [0.3, 0.4) is 0 Å². The molecule has 0 fully saturated rings. The summed E-state index contributed by atoms with van der Waals surface area (Å²) in [5, 5.41) is 11.6. The zero-order chi connectivity index (χ0) is 13.7. The average molecular weight is 261 g/mol. The molecule has 6 heteroatoms. The Balaban J connectivity index is 2.16. The number of rotatable bonds is 6. The number of aryl methyl sites for hydroxylation is 1. The Morgan fingerprint density at radius 1 is 1.37 bits per heavy atom. The van der Waals surface area contributed by atoms with Crippen molar-refractivity contribution in [2.75, 3.05) is 13.7 Å². The summed E-state index contributed by atoms with van der Waals surface area (Å²) < 4.78 is 7.04. The van der Waals surface area contributed by atoms with E-state index in [1.807, 2.05) is 29.9 Å². The molecule has 19 heavy (non-hydrogen) atoms. The minimum atomic E-state index is 0.101. The van der Waals surface area contributed by atoms with Gasteiger partial charge in [-0.3, -0.25) is 0 Å². The molecule has 2 rings (SSSR count). The number of imidazole rings is 1. The number of likely N-dealkylation sites (N-methyl/N-ethyl adjacent to an activating group) is 1. The predicted molar refractivity (Wildman–Crippen MR) is 71.9 cm³/mol. The van der Waals surface area contributed by atoms with Crippen LogP contribution >= 0.6 is 0 Å². The van der Waals surface area contributed by atoms with Gasteiger partial charge >= 0.3 is 0 Å². The van der Waals surface area contributed by atoms with Crippen LogP contribution in [0.15, 0.2) is 24.5 Å². The fraction of sp³-hybridized carbons (Fsp3) is 0.462. The Kier molecular flexibility index (Phi) is 4.46. The largest absolute Gasteiger partial charge is 0.480 e.